The number of hydrogen-bond donors (Lipinski definition) is 1. The molecule has 2 aliphatic carbocycles. The van der Waals surface area contributed by atoms with Crippen molar-refractivity contribution >= 4 is 0 Å². The zero-order valence-corrected chi connectivity index (χ0v) is 9.54. The molecule has 2 aliphatic rings. The summed E-state index contributed by atoms with van der Waals surface area (Å²) in [7, 11) is 0. The molecule has 0 heterocycles. The van der Waals surface area contributed by atoms with Gasteiger partial charge in [0.1, 0.15) is 0 Å². The van der Waals surface area contributed by atoms with Gasteiger partial charge in [-0.3, -0.25) is 0 Å². The van der Waals surface area contributed by atoms with Crippen LogP contribution in [0.3, 0.4) is 0 Å². The van der Waals surface area contributed by atoms with Gasteiger partial charge in [0.15, 0.2) is 0 Å². The van der Waals surface area contributed by atoms with Crippen LogP contribution in [0.2, 0.25) is 0 Å². The molecule has 0 spiro atoms. The van der Waals surface area contributed by atoms with Crippen LogP contribution in [0.1, 0.15) is 51.4 Å². The van der Waals surface area contributed by atoms with Gasteiger partial charge in [-0.25, -0.2) is 0 Å². The standard InChI is InChI=1S/C13H22N2/c14-9-11-5-7-12(8-6-11)10-15-13-3-1-2-4-13/h11-13,15H,1-8,10H2. The Labute approximate surface area is 93.0 Å². The second-order valence-electron chi connectivity index (χ2n) is 5.24. The molecule has 2 saturated carbocycles. The fraction of sp³-hybridized carbons (Fsp3) is 0.923. The summed E-state index contributed by atoms with van der Waals surface area (Å²) >= 11 is 0. The van der Waals surface area contributed by atoms with E-state index in [4.69, 9.17) is 5.26 Å². The lowest BCUT2D eigenvalue weighted by Crippen LogP contribution is -2.32. The van der Waals surface area contributed by atoms with Gasteiger partial charge < -0.3 is 5.32 Å². The van der Waals surface area contributed by atoms with Crippen molar-refractivity contribution in [2.75, 3.05) is 6.54 Å². The molecule has 0 aromatic heterocycles. The molecule has 2 nitrogen and oxygen atoms in total. The van der Waals surface area contributed by atoms with E-state index in [1.165, 1.54) is 45.1 Å². The van der Waals surface area contributed by atoms with Gasteiger partial charge in [0.2, 0.25) is 0 Å². The van der Waals surface area contributed by atoms with Crippen molar-refractivity contribution in [2.45, 2.75) is 57.4 Å². The number of nitrogens with one attached hydrogen (secondary N) is 1. The van der Waals surface area contributed by atoms with Crippen molar-refractivity contribution in [3.8, 4) is 6.07 Å². The topological polar surface area (TPSA) is 35.8 Å². The predicted molar refractivity (Wildman–Crippen MR) is 61.3 cm³/mol. The van der Waals surface area contributed by atoms with Crippen LogP contribution in [0.5, 0.6) is 0 Å². The minimum Gasteiger partial charge on any atom is -0.314 e. The van der Waals surface area contributed by atoms with E-state index < -0.39 is 0 Å². The van der Waals surface area contributed by atoms with Crippen LogP contribution < -0.4 is 5.32 Å². The van der Waals surface area contributed by atoms with Gasteiger partial charge in [-0.2, -0.15) is 5.26 Å². The molecule has 0 bridgehead atoms. The van der Waals surface area contributed by atoms with E-state index in [0.717, 1.165) is 24.8 Å². The van der Waals surface area contributed by atoms with Gasteiger partial charge in [0.05, 0.1) is 6.07 Å². The summed E-state index contributed by atoms with van der Waals surface area (Å²) in [6, 6.07) is 3.21. The predicted octanol–water partition coefficient (Wildman–Crippen LogP) is 2.85. The lowest BCUT2D eigenvalue weighted by atomic mass is 9.82. The average Bonchev–Trinajstić information content (AvgIpc) is 2.80. The van der Waals surface area contributed by atoms with E-state index in [1.54, 1.807) is 0 Å². The molecule has 2 rings (SSSR count). The molecule has 2 fully saturated rings. The minimum atomic E-state index is 0.354. The Morgan fingerprint density at radius 2 is 1.67 bits per heavy atom. The second-order valence-corrected chi connectivity index (χ2v) is 5.24. The van der Waals surface area contributed by atoms with E-state index in [-0.39, 0.29) is 0 Å². The molecule has 0 aliphatic heterocycles. The summed E-state index contributed by atoms with van der Waals surface area (Å²) in [5.41, 5.74) is 0. The van der Waals surface area contributed by atoms with Gasteiger partial charge in [0.25, 0.3) is 0 Å². The monoisotopic (exact) mass is 206 g/mol. The Bertz CT molecular complexity index is 217. The maximum absolute atomic E-state index is 8.81. The summed E-state index contributed by atoms with van der Waals surface area (Å²) in [6.07, 6.45) is 10.4. The van der Waals surface area contributed by atoms with Crippen molar-refractivity contribution in [1.29, 1.82) is 5.26 Å². The Kier molecular flexibility index (Phi) is 4.02. The quantitative estimate of drug-likeness (QED) is 0.770. The minimum absolute atomic E-state index is 0.354. The average molecular weight is 206 g/mol. The first-order valence-electron chi connectivity index (χ1n) is 6.51. The van der Waals surface area contributed by atoms with Gasteiger partial charge in [0, 0.05) is 12.0 Å². The Morgan fingerprint density at radius 1 is 1.00 bits per heavy atom. The lowest BCUT2D eigenvalue weighted by Gasteiger charge is -2.26. The summed E-state index contributed by atoms with van der Waals surface area (Å²) < 4.78 is 0. The first-order valence-corrected chi connectivity index (χ1v) is 6.51. The maximum Gasteiger partial charge on any atom is 0.0655 e. The van der Waals surface area contributed by atoms with Crippen LogP contribution in [0, 0.1) is 23.2 Å². The maximum atomic E-state index is 8.81. The highest BCUT2D eigenvalue weighted by Crippen LogP contribution is 2.28. The number of hydrogen-bond acceptors (Lipinski definition) is 2. The summed E-state index contributed by atoms with van der Waals surface area (Å²) in [6.45, 7) is 1.20. The highest BCUT2D eigenvalue weighted by Gasteiger charge is 2.22. The fourth-order valence-electron chi connectivity index (χ4n) is 2.96. The third kappa shape index (κ3) is 3.21. The van der Waals surface area contributed by atoms with Gasteiger partial charge in [-0.1, -0.05) is 12.8 Å². The molecule has 0 aromatic rings. The van der Waals surface area contributed by atoms with Crippen molar-refractivity contribution in [3.05, 3.63) is 0 Å². The molecule has 0 saturated heterocycles. The normalized spacial score (nSPS) is 32.7. The molecular formula is C13H22N2. The van der Waals surface area contributed by atoms with Crippen LogP contribution in [0.25, 0.3) is 0 Å². The van der Waals surface area contributed by atoms with E-state index in [9.17, 15) is 0 Å². The van der Waals surface area contributed by atoms with E-state index in [2.05, 4.69) is 11.4 Å². The first kappa shape index (κ1) is 11.0. The third-order valence-corrected chi connectivity index (χ3v) is 4.08. The van der Waals surface area contributed by atoms with Gasteiger partial charge in [-0.05, 0) is 51.0 Å². The Hall–Kier alpha value is -0.550. The molecular weight excluding hydrogens is 184 g/mol. The number of rotatable bonds is 3. The molecule has 0 unspecified atom stereocenters. The van der Waals surface area contributed by atoms with E-state index in [0.29, 0.717) is 5.92 Å². The van der Waals surface area contributed by atoms with E-state index >= 15 is 0 Å². The van der Waals surface area contributed by atoms with Crippen LogP contribution in [-0.2, 0) is 0 Å². The molecule has 84 valence electrons. The second kappa shape index (κ2) is 5.51. The summed E-state index contributed by atoms with van der Waals surface area (Å²) in [5, 5.41) is 12.5. The Morgan fingerprint density at radius 3 is 2.27 bits per heavy atom. The summed E-state index contributed by atoms with van der Waals surface area (Å²) in [4.78, 5) is 0. The molecule has 1 N–H and O–H groups in total. The molecule has 15 heavy (non-hydrogen) atoms. The zero-order chi connectivity index (χ0) is 10.5. The number of nitriles is 1. The molecule has 2 heteroatoms. The van der Waals surface area contributed by atoms with Crippen LogP contribution in [0.4, 0.5) is 0 Å². The first-order chi connectivity index (χ1) is 7.38. The molecule has 0 aromatic carbocycles. The summed E-state index contributed by atoms with van der Waals surface area (Å²) in [5.74, 6) is 1.20. The lowest BCUT2D eigenvalue weighted by molar-refractivity contribution is 0.294. The van der Waals surface area contributed by atoms with Crippen LogP contribution >= 0.6 is 0 Å². The van der Waals surface area contributed by atoms with Gasteiger partial charge >= 0.3 is 0 Å². The fourth-order valence-corrected chi connectivity index (χ4v) is 2.96. The Balaban J connectivity index is 1.62. The van der Waals surface area contributed by atoms with Crippen molar-refractivity contribution in [3.63, 3.8) is 0 Å². The SMILES string of the molecule is N#CC1CCC(CNC2CCCC2)CC1. The smallest absolute Gasteiger partial charge is 0.0655 e. The molecule has 0 amide bonds. The van der Waals surface area contributed by atoms with Crippen molar-refractivity contribution in [2.24, 2.45) is 11.8 Å². The van der Waals surface area contributed by atoms with Crippen molar-refractivity contribution in [1.82, 2.24) is 5.32 Å². The van der Waals surface area contributed by atoms with Crippen molar-refractivity contribution < 1.29 is 0 Å². The molecule has 0 radical (unpaired) electrons. The van der Waals surface area contributed by atoms with E-state index in [1.807, 2.05) is 0 Å². The third-order valence-electron chi connectivity index (χ3n) is 4.08. The largest absolute Gasteiger partial charge is 0.314 e. The highest BCUT2D eigenvalue weighted by molar-refractivity contribution is 4.87. The van der Waals surface area contributed by atoms with Gasteiger partial charge in [-0.15, -0.1) is 0 Å². The zero-order valence-electron chi connectivity index (χ0n) is 9.54. The van der Waals surface area contributed by atoms with Crippen LogP contribution in [-0.4, -0.2) is 12.6 Å². The number of nitrogens with zero attached hydrogens (tertiary/aromatic N) is 1. The highest BCUT2D eigenvalue weighted by atomic mass is 14.9. The molecule has 0 atom stereocenters. The van der Waals surface area contributed by atoms with Crippen LogP contribution in [0.15, 0.2) is 0 Å².